The van der Waals surface area contributed by atoms with Gasteiger partial charge in [-0.15, -0.1) is 0 Å². The Morgan fingerprint density at radius 1 is 1.17 bits per heavy atom. The number of Topliss-reactive ketones (excluding diaryl/α,β-unsaturated/α-hetero) is 1. The highest BCUT2D eigenvalue weighted by Gasteiger charge is 1.99. The van der Waals surface area contributed by atoms with Crippen LogP contribution in [0, 0.1) is 5.92 Å². The largest absolute Gasteiger partial charge is 0.481 e. The van der Waals surface area contributed by atoms with Crippen LogP contribution in [0.4, 0.5) is 0 Å². The van der Waals surface area contributed by atoms with Crippen LogP contribution in [0.1, 0.15) is 40.5 Å². The number of ketones is 1. The van der Waals surface area contributed by atoms with E-state index in [-0.39, 0.29) is 5.92 Å². The first kappa shape index (κ1) is 13.7. The monoisotopic (exact) mass is 174 g/mol. The van der Waals surface area contributed by atoms with Crippen LogP contribution in [-0.4, -0.2) is 16.9 Å². The second kappa shape index (κ2) is 8.24. The molecule has 3 heteroatoms. The van der Waals surface area contributed by atoms with Gasteiger partial charge >= 0.3 is 5.97 Å². The highest BCUT2D eigenvalue weighted by molar-refractivity contribution is 5.77. The molecule has 0 amide bonds. The second-order valence-corrected chi connectivity index (χ2v) is 2.74. The number of rotatable bonds is 3. The van der Waals surface area contributed by atoms with Gasteiger partial charge in [-0.1, -0.05) is 27.7 Å². The lowest BCUT2D eigenvalue weighted by atomic mass is 10.2. The number of carbonyl (C=O) groups is 2. The summed E-state index contributed by atoms with van der Waals surface area (Å²) in [6.45, 7) is 7.04. The van der Waals surface area contributed by atoms with E-state index in [1.807, 2.05) is 13.8 Å². The standard InChI is InChI=1S/C5H10O.C4H8O2/c1-3-5(6)4-2;1-3(2)4(5)6/h3-4H2,1-2H3;3H,1-2H3,(H,5,6). The van der Waals surface area contributed by atoms with E-state index in [1.165, 1.54) is 0 Å². The van der Waals surface area contributed by atoms with Gasteiger partial charge in [-0.3, -0.25) is 9.59 Å². The van der Waals surface area contributed by atoms with Gasteiger partial charge in [-0.25, -0.2) is 0 Å². The molecule has 0 saturated heterocycles. The Labute approximate surface area is 73.8 Å². The van der Waals surface area contributed by atoms with Crippen LogP contribution in [0.15, 0.2) is 0 Å². The fourth-order valence-corrected chi connectivity index (χ4v) is 0.250. The molecule has 0 aliphatic rings. The van der Waals surface area contributed by atoms with Crippen molar-refractivity contribution in [2.45, 2.75) is 40.5 Å². The van der Waals surface area contributed by atoms with Crippen molar-refractivity contribution in [3.63, 3.8) is 0 Å². The Balaban J connectivity index is 0. The zero-order valence-electron chi connectivity index (χ0n) is 8.26. The quantitative estimate of drug-likeness (QED) is 0.712. The van der Waals surface area contributed by atoms with Crippen LogP contribution < -0.4 is 0 Å². The molecule has 0 saturated carbocycles. The number of carboxylic acids is 1. The minimum Gasteiger partial charge on any atom is -0.481 e. The highest BCUT2D eigenvalue weighted by Crippen LogP contribution is 1.87. The topological polar surface area (TPSA) is 54.4 Å². The molecule has 0 heterocycles. The average Bonchev–Trinajstić information content (AvgIpc) is 2.04. The van der Waals surface area contributed by atoms with Crippen LogP contribution in [0.5, 0.6) is 0 Å². The van der Waals surface area contributed by atoms with Crippen LogP contribution >= 0.6 is 0 Å². The molecule has 0 aromatic rings. The highest BCUT2D eigenvalue weighted by atomic mass is 16.4. The van der Waals surface area contributed by atoms with Gasteiger partial charge in [-0.05, 0) is 0 Å². The molecule has 0 aromatic heterocycles. The van der Waals surface area contributed by atoms with Crippen molar-refractivity contribution in [3.8, 4) is 0 Å². The van der Waals surface area contributed by atoms with E-state index in [4.69, 9.17) is 5.11 Å². The van der Waals surface area contributed by atoms with Gasteiger partial charge in [0.05, 0.1) is 5.92 Å². The van der Waals surface area contributed by atoms with Gasteiger partial charge < -0.3 is 5.11 Å². The lowest BCUT2D eigenvalue weighted by Crippen LogP contribution is -2.03. The molecule has 0 radical (unpaired) electrons. The van der Waals surface area contributed by atoms with Crippen molar-refractivity contribution in [2.75, 3.05) is 0 Å². The maximum absolute atomic E-state index is 10.2. The molecule has 0 aliphatic carbocycles. The summed E-state index contributed by atoms with van der Waals surface area (Å²) in [6.07, 6.45) is 1.38. The predicted molar refractivity (Wildman–Crippen MR) is 48.1 cm³/mol. The zero-order chi connectivity index (χ0) is 10.1. The van der Waals surface area contributed by atoms with Crippen molar-refractivity contribution in [1.29, 1.82) is 0 Å². The van der Waals surface area contributed by atoms with Crippen LogP contribution in [-0.2, 0) is 9.59 Å². The van der Waals surface area contributed by atoms with Crippen molar-refractivity contribution >= 4 is 11.8 Å². The van der Waals surface area contributed by atoms with E-state index in [1.54, 1.807) is 13.8 Å². The molecule has 0 bridgehead atoms. The molecule has 0 fully saturated rings. The molecule has 0 atom stereocenters. The summed E-state index contributed by atoms with van der Waals surface area (Å²) in [5, 5.41) is 7.99. The molecule has 72 valence electrons. The minimum absolute atomic E-state index is 0.231. The third-order valence-electron chi connectivity index (χ3n) is 1.28. The Morgan fingerprint density at radius 3 is 1.42 bits per heavy atom. The first-order valence-corrected chi connectivity index (χ1v) is 4.20. The van der Waals surface area contributed by atoms with E-state index in [2.05, 4.69) is 0 Å². The van der Waals surface area contributed by atoms with Gasteiger partial charge in [0.1, 0.15) is 5.78 Å². The predicted octanol–water partition coefficient (Wildman–Crippen LogP) is 2.10. The molecule has 0 aliphatic heterocycles. The number of aliphatic carboxylic acids is 1. The molecule has 0 unspecified atom stereocenters. The van der Waals surface area contributed by atoms with Gasteiger partial charge in [0.15, 0.2) is 0 Å². The van der Waals surface area contributed by atoms with Crippen LogP contribution in [0.2, 0.25) is 0 Å². The summed E-state index contributed by atoms with van der Waals surface area (Å²) in [5.74, 6) is -0.630. The third-order valence-corrected chi connectivity index (χ3v) is 1.28. The SMILES string of the molecule is CC(C)C(=O)O.CCC(=O)CC. The van der Waals surface area contributed by atoms with E-state index < -0.39 is 5.97 Å². The van der Waals surface area contributed by atoms with Crippen molar-refractivity contribution in [3.05, 3.63) is 0 Å². The summed E-state index contributed by atoms with van der Waals surface area (Å²) >= 11 is 0. The van der Waals surface area contributed by atoms with Gasteiger partial charge in [0, 0.05) is 12.8 Å². The number of hydrogen-bond donors (Lipinski definition) is 1. The Bertz CT molecular complexity index is 131. The van der Waals surface area contributed by atoms with E-state index in [0.29, 0.717) is 18.6 Å². The van der Waals surface area contributed by atoms with Gasteiger partial charge in [0.2, 0.25) is 0 Å². The van der Waals surface area contributed by atoms with Crippen molar-refractivity contribution in [1.82, 2.24) is 0 Å². The Kier molecular flexibility index (Phi) is 9.41. The Morgan fingerprint density at radius 2 is 1.42 bits per heavy atom. The van der Waals surface area contributed by atoms with Gasteiger partial charge in [0.25, 0.3) is 0 Å². The lowest BCUT2D eigenvalue weighted by Gasteiger charge is -1.89. The molecular weight excluding hydrogens is 156 g/mol. The number of hydrogen-bond acceptors (Lipinski definition) is 2. The van der Waals surface area contributed by atoms with Crippen molar-refractivity contribution in [2.24, 2.45) is 5.92 Å². The summed E-state index contributed by atoms with van der Waals surface area (Å²) < 4.78 is 0. The maximum Gasteiger partial charge on any atom is 0.305 e. The molecule has 1 N–H and O–H groups in total. The van der Waals surface area contributed by atoms with E-state index in [0.717, 1.165) is 0 Å². The number of carbonyl (C=O) groups excluding carboxylic acids is 1. The lowest BCUT2D eigenvalue weighted by molar-refractivity contribution is -0.140. The smallest absolute Gasteiger partial charge is 0.305 e. The normalized spacial score (nSPS) is 8.75. The van der Waals surface area contributed by atoms with Crippen LogP contribution in [0.3, 0.4) is 0 Å². The fourth-order valence-electron chi connectivity index (χ4n) is 0.250. The molecule has 12 heavy (non-hydrogen) atoms. The van der Waals surface area contributed by atoms with Gasteiger partial charge in [-0.2, -0.15) is 0 Å². The molecule has 3 nitrogen and oxygen atoms in total. The summed E-state index contributed by atoms with van der Waals surface area (Å²) in [5.41, 5.74) is 0. The average molecular weight is 174 g/mol. The summed E-state index contributed by atoms with van der Waals surface area (Å²) in [7, 11) is 0. The summed E-state index contributed by atoms with van der Waals surface area (Å²) in [4.78, 5) is 19.9. The fraction of sp³-hybridized carbons (Fsp3) is 0.778. The molecular formula is C9H18O3. The zero-order valence-corrected chi connectivity index (χ0v) is 8.26. The first-order valence-electron chi connectivity index (χ1n) is 4.20. The minimum atomic E-state index is -0.741. The van der Waals surface area contributed by atoms with E-state index in [9.17, 15) is 9.59 Å². The van der Waals surface area contributed by atoms with Crippen molar-refractivity contribution < 1.29 is 14.7 Å². The molecule has 0 aromatic carbocycles. The van der Waals surface area contributed by atoms with Crippen LogP contribution in [0.25, 0.3) is 0 Å². The number of carboxylic acid groups (broad SMARTS) is 1. The Hall–Kier alpha value is -0.860. The van der Waals surface area contributed by atoms with E-state index >= 15 is 0 Å². The third kappa shape index (κ3) is 11.9. The maximum atomic E-state index is 10.2. The first-order chi connectivity index (χ1) is 5.45. The molecule has 0 rings (SSSR count). The summed E-state index contributed by atoms with van der Waals surface area (Å²) in [6, 6.07) is 0. The second-order valence-electron chi connectivity index (χ2n) is 2.74. The molecule has 0 spiro atoms.